The summed E-state index contributed by atoms with van der Waals surface area (Å²) in [4.78, 5) is 14.5. The average Bonchev–Trinajstić information content (AvgIpc) is 2.95. The van der Waals surface area contributed by atoms with E-state index in [0.29, 0.717) is 5.69 Å². The van der Waals surface area contributed by atoms with Crippen molar-refractivity contribution in [2.24, 2.45) is 7.05 Å². The second-order valence-corrected chi connectivity index (χ2v) is 5.39. The minimum Gasteiger partial charge on any atom is -0.372 e. The van der Waals surface area contributed by atoms with Crippen molar-refractivity contribution in [2.75, 3.05) is 23.3 Å². The summed E-state index contributed by atoms with van der Waals surface area (Å²) in [6.07, 6.45) is 5.47. The number of rotatable bonds is 3. The van der Waals surface area contributed by atoms with Gasteiger partial charge in [0.15, 0.2) is 0 Å². The topological polar surface area (TPSA) is 50.2 Å². The Morgan fingerprint density at radius 2 is 1.81 bits per heavy atom. The Kier molecular flexibility index (Phi) is 3.90. The van der Waals surface area contributed by atoms with Gasteiger partial charge in [-0.05, 0) is 49.6 Å². The van der Waals surface area contributed by atoms with E-state index in [1.807, 2.05) is 12.1 Å². The molecule has 5 heteroatoms. The van der Waals surface area contributed by atoms with Crippen LogP contribution in [0.2, 0.25) is 0 Å². The molecule has 1 N–H and O–H groups in total. The van der Waals surface area contributed by atoms with Crippen LogP contribution in [0.5, 0.6) is 0 Å². The predicted octanol–water partition coefficient (Wildman–Crippen LogP) is 2.66. The average molecular weight is 284 g/mol. The highest BCUT2D eigenvalue weighted by atomic mass is 16.2. The number of piperidine rings is 1. The Morgan fingerprint density at radius 3 is 2.43 bits per heavy atom. The molecule has 5 nitrogen and oxygen atoms in total. The third-order valence-electron chi connectivity index (χ3n) is 3.90. The lowest BCUT2D eigenvalue weighted by molar-refractivity contribution is 0.101. The van der Waals surface area contributed by atoms with Gasteiger partial charge in [-0.3, -0.25) is 9.48 Å². The van der Waals surface area contributed by atoms with E-state index in [1.165, 1.54) is 24.9 Å². The van der Waals surface area contributed by atoms with Gasteiger partial charge in [-0.1, -0.05) is 0 Å². The Bertz CT molecular complexity index is 611. The molecule has 1 aromatic carbocycles. The smallest absolute Gasteiger partial charge is 0.273 e. The molecule has 0 saturated carbocycles. The summed E-state index contributed by atoms with van der Waals surface area (Å²) in [6, 6.07) is 9.77. The number of carbonyl (C=O) groups is 1. The molecule has 110 valence electrons. The molecule has 0 bridgehead atoms. The van der Waals surface area contributed by atoms with Crippen molar-refractivity contribution in [3.8, 4) is 0 Å². The second-order valence-electron chi connectivity index (χ2n) is 5.39. The number of benzene rings is 1. The molecule has 1 fully saturated rings. The predicted molar refractivity (Wildman–Crippen MR) is 83.7 cm³/mol. The molecular formula is C16H20N4O. The van der Waals surface area contributed by atoms with E-state index in [-0.39, 0.29) is 5.91 Å². The van der Waals surface area contributed by atoms with Gasteiger partial charge < -0.3 is 10.2 Å². The van der Waals surface area contributed by atoms with Crippen LogP contribution in [0.4, 0.5) is 11.4 Å². The number of hydrogen-bond acceptors (Lipinski definition) is 3. The van der Waals surface area contributed by atoms with Gasteiger partial charge in [0.25, 0.3) is 5.91 Å². The third-order valence-corrected chi connectivity index (χ3v) is 3.90. The molecule has 0 spiro atoms. The van der Waals surface area contributed by atoms with Gasteiger partial charge in [-0.2, -0.15) is 5.10 Å². The molecule has 0 aliphatic carbocycles. The summed E-state index contributed by atoms with van der Waals surface area (Å²) in [5, 5.41) is 6.90. The van der Waals surface area contributed by atoms with Crippen LogP contribution in [0.1, 0.15) is 29.8 Å². The lowest BCUT2D eigenvalue weighted by Crippen LogP contribution is -2.29. The van der Waals surface area contributed by atoms with Crippen LogP contribution in [-0.4, -0.2) is 28.8 Å². The maximum atomic E-state index is 12.1. The quantitative estimate of drug-likeness (QED) is 0.942. The van der Waals surface area contributed by atoms with Crippen molar-refractivity contribution in [2.45, 2.75) is 19.3 Å². The Balaban J connectivity index is 1.67. The largest absolute Gasteiger partial charge is 0.372 e. The van der Waals surface area contributed by atoms with Crippen molar-refractivity contribution in [3.63, 3.8) is 0 Å². The maximum absolute atomic E-state index is 12.1. The summed E-state index contributed by atoms with van der Waals surface area (Å²) in [6.45, 7) is 2.25. The Hall–Kier alpha value is -2.30. The second kappa shape index (κ2) is 5.99. The minimum absolute atomic E-state index is 0.138. The molecule has 0 atom stereocenters. The fraction of sp³-hybridized carbons (Fsp3) is 0.375. The van der Waals surface area contributed by atoms with Crippen molar-refractivity contribution < 1.29 is 4.79 Å². The van der Waals surface area contributed by atoms with Crippen LogP contribution >= 0.6 is 0 Å². The zero-order valence-corrected chi connectivity index (χ0v) is 12.2. The summed E-state index contributed by atoms with van der Waals surface area (Å²) in [5.74, 6) is -0.138. The van der Waals surface area contributed by atoms with Crippen molar-refractivity contribution >= 4 is 17.3 Å². The maximum Gasteiger partial charge on any atom is 0.273 e. The van der Waals surface area contributed by atoms with Gasteiger partial charge in [0.05, 0.1) is 0 Å². The van der Waals surface area contributed by atoms with Crippen LogP contribution in [-0.2, 0) is 7.05 Å². The number of carbonyl (C=O) groups excluding carboxylic acids is 1. The molecule has 0 unspecified atom stereocenters. The number of nitrogens with one attached hydrogen (secondary N) is 1. The van der Waals surface area contributed by atoms with Gasteiger partial charge >= 0.3 is 0 Å². The van der Waals surface area contributed by atoms with E-state index < -0.39 is 0 Å². The van der Waals surface area contributed by atoms with Crippen molar-refractivity contribution in [3.05, 3.63) is 42.2 Å². The first-order valence-electron chi connectivity index (χ1n) is 7.38. The molecular weight excluding hydrogens is 264 g/mol. The highest BCUT2D eigenvalue weighted by molar-refractivity contribution is 6.03. The van der Waals surface area contributed by atoms with Crippen LogP contribution in [0.25, 0.3) is 0 Å². The monoisotopic (exact) mass is 284 g/mol. The van der Waals surface area contributed by atoms with E-state index in [4.69, 9.17) is 0 Å². The SMILES string of the molecule is Cn1nccc1C(=O)Nc1ccc(N2CCCCC2)cc1. The van der Waals surface area contributed by atoms with Gasteiger partial charge in [-0.15, -0.1) is 0 Å². The van der Waals surface area contributed by atoms with Crippen LogP contribution < -0.4 is 10.2 Å². The molecule has 1 aromatic heterocycles. The lowest BCUT2D eigenvalue weighted by Gasteiger charge is -2.28. The Labute approximate surface area is 124 Å². The zero-order valence-electron chi connectivity index (χ0n) is 12.2. The lowest BCUT2D eigenvalue weighted by atomic mass is 10.1. The van der Waals surface area contributed by atoms with Crippen LogP contribution in [0, 0.1) is 0 Å². The van der Waals surface area contributed by atoms with Gasteiger partial charge in [-0.25, -0.2) is 0 Å². The van der Waals surface area contributed by atoms with E-state index >= 15 is 0 Å². The summed E-state index contributed by atoms with van der Waals surface area (Å²) >= 11 is 0. The van der Waals surface area contributed by atoms with Gasteiger partial charge in [0.2, 0.25) is 0 Å². The first-order chi connectivity index (χ1) is 10.2. The first kappa shape index (κ1) is 13.7. The standard InChI is InChI=1S/C16H20N4O/c1-19-15(9-10-17-19)16(21)18-13-5-7-14(8-6-13)20-11-3-2-4-12-20/h5-10H,2-4,11-12H2,1H3,(H,18,21). The summed E-state index contributed by atoms with van der Waals surface area (Å²) in [5.41, 5.74) is 2.59. The molecule has 2 aromatic rings. The van der Waals surface area contributed by atoms with Crippen LogP contribution in [0.3, 0.4) is 0 Å². The Morgan fingerprint density at radius 1 is 1.10 bits per heavy atom. The summed E-state index contributed by atoms with van der Waals surface area (Å²) in [7, 11) is 1.76. The number of hydrogen-bond donors (Lipinski definition) is 1. The third kappa shape index (κ3) is 3.07. The fourth-order valence-electron chi connectivity index (χ4n) is 2.70. The fourth-order valence-corrected chi connectivity index (χ4v) is 2.70. The first-order valence-corrected chi connectivity index (χ1v) is 7.38. The highest BCUT2D eigenvalue weighted by Gasteiger charge is 2.12. The van der Waals surface area contributed by atoms with E-state index in [0.717, 1.165) is 18.8 Å². The number of aryl methyl sites for hydroxylation is 1. The highest BCUT2D eigenvalue weighted by Crippen LogP contribution is 2.22. The molecule has 1 aliphatic rings. The number of aromatic nitrogens is 2. The molecule has 1 aliphatic heterocycles. The number of nitrogens with zero attached hydrogens (tertiary/aromatic N) is 3. The number of amides is 1. The van der Waals surface area contributed by atoms with Crippen LogP contribution in [0.15, 0.2) is 36.5 Å². The van der Waals surface area contributed by atoms with Crippen molar-refractivity contribution in [1.29, 1.82) is 0 Å². The van der Waals surface area contributed by atoms with E-state index in [2.05, 4.69) is 27.4 Å². The molecule has 0 radical (unpaired) electrons. The van der Waals surface area contributed by atoms with E-state index in [9.17, 15) is 4.79 Å². The molecule has 1 saturated heterocycles. The van der Waals surface area contributed by atoms with Crippen molar-refractivity contribution in [1.82, 2.24) is 9.78 Å². The zero-order chi connectivity index (χ0) is 14.7. The molecule has 21 heavy (non-hydrogen) atoms. The normalized spacial score (nSPS) is 15.0. The number of anilines is 2. The van der Waals surface area contributed by atoms with E-state index in [1.54, 1.807) is 24.0 Å². The molecule has 1 amide bonds. The minimum atomic E-state index is -0.138. The molecule has 2 heterocycles. The molecule has 3 rings (SSSR count). The van der Waals surface area contributed by atoms with Gasteiger partial charge in [0, 0.05) is 37.7 Å². The summed E-state index contributed by atoms with van der Waals surface area (Å²) < 4.78 is 1.57. The van der Waals surface area contributed by atoms with Gasteiger partial charge in [0.1, 0.15) is 5.69 Å².